The van der Waals surface area contributed by atoms with E-state index in [1.54, 1.807) is 18.2 Å². The minimum atomic E-state index is -1.11. The first-order chi connectivity index (χ1) is 9.94. The lowest BCUT2D eigenvalue weighted by molar-refractivity contribution is -0.111. The summed E-state index contributed by atoms with van der Waals surface area (Å²) < 4.78 is 0.635. The Balaban J connectivity index is 2.09. The molecule has 0 aliphatic rings. The van der Waals surface area contributed by atoms with Gasteiger partial charge in [-0.15, -0.1) is 11.3 Å². The Morgan fingerprint density at radius 3 is 2.57 bits per heavy atom. The second-order valence-corrected chi connectivity index (χ2v) is 6.18. The van der Waals surface area contributed by atoms with E-state index in [9.17, 15) is 9.59 Å². The van der Waals surface area contributed by atoms with Crippen LogP contribution in [-0.2, 0) is 4.79 Å². The first-order valence-electron chi connectivity index (χ1n) is 5.72. The van der Waals surface area contributed by atoms with E-state index in [0.717, 1.165) is 4.88 Å². The van der Waals surface area contributed by atoms with Gasteiger partial charge in [0, 0.05) is 21.7 Å². The van der Waals surface area contributed by atoms with Crippen molar-refractivity contribution in [1.82, 2.24) is 0 Å². The number of amides is 1. The van der Waals surface area contributed by atoms with Crippen molar-refractivity contribution in [1.29, 1.82) is 0 Å². The van der Waals surface area contributed by atoms with Gasteiger partial charge in [0.2, 0.25) is 5.91 Å². The fourth-order valence-corrected chi connectivity index (χ4v) is 2.74. The number of rotatable bonds is 4. The number of halogens is 2. The highest BCUT2D eigenvalue weighted by atomic mass is 35.5. The number of anilines is 1. The normalized spacial score (nSPS) is 10.8. The van der Waals surface area contributed by atoms with Crippen LogP contribution in [0.15, 0.2) is 36.4 Å². The van der Waals surface area contributed by atoms with Crippen LogP contribution in [0.1, 0.15) is 15.2 Å². The highest BCUT2D eigenvalue weighted by molar-refractivity contribution is 7.17. The summed E-state index contributed by atoms with van der Waals surface area (Å²) in [5.41, 5.74) is 0.325. The molecular weight excluding hydrogens is 333 g/mol. The van der Waals surface area contributed by atoms with Gasteiger partial charge in [-0.05, 0) is 36.4 Å². The zero-order chi connectivity index (χ0) is 15.4. The summed E-state index contributed by atoms with van der Waals surface area (Å²) in [7, 11) is 0. The number of carboxylic acids is 1. The van der Waals surface area contributed by atoms with Crippen LogP contribution in [0.3, 0.4) is 0 Å². The van der Waals surface area contributed by atoms with Crippen LogP contribution in [0.25, 0.3) is 6.08 Å². The van der Waals surface area contributed by atoms with E-state index in [1.807, 2.05) is 0 Å². The van der Waals surface area contributed by atoms with E-state index in [0.29, 0.717) is 10.0 Å². The van der Waals surface area contributed by atoms with Gasteiger partial charge < -0.3 is 10.4 Å². The van der Waals surface area contributed by atoms with E-state index in [4.69, 9.17) is 28.3 Å². The maximum absolute atomic E-state index is 11.8. The van der Waals surface area contributed by atoms with Gasteiger partial charge in [-0.1, -0.05) is 23.2 Å². The van der Waals surface area contributed by atoms with Crippen molar-refractivity contribution >= 4 is 58.2 Å². The first kappa shape index (κ1) is 15.6. The monoisotopic (exact) mass is 341 g/mol. The Bertz CT molecular complexity index is 725. The Labute approximate surface area is 134 Å². The smallest absolute Gasteiger partial charge is 0.335 e. The third-order valence-corrected chi connectivity index (χ3v) is 3.82. The molecular formula is C14H9Cl2NO3S. The van der Waals surface area contributed by atoms with Gasteiger partial charge in [0.25, 0.3) is 0 Å². The molecule has 2 N–H and O–H groups in total. The molecule has 108 valence electrons. The SMILES string of the molecule is O=C(/C=C/c1ccc(Cl)s1)Nc1cc(Cl)cc(C(=O)O)c1. The molecule has 1 amide bonds. The number of nitrogens with one attached hydrogen (secondary N) is 1. The second-order valence-electron chi connectivity index (χ2n) is 4.00. The highest BCUT2D eigenvalue weighted by Crippen LogP contribution is 2.23. The quantitative estimate of drug-likeness (QED) is 0.809. The van der Waals surface area contributed by atoms with E-state index >= 15 is 0 Å². The molecule has 1 aromatic carbocycles. The van der Waals surface area contributed by atoms with Gasteiger partial charge in [0.05, 0.1) is 9.90 Å². The number of hydrogen-bond donors (Lipinski definition) is 2. The molecule has 0 saturated carbocycles. The molecule has 0 aliphatic carbocycles. The summed E-state index contributed by atoms with van der Waals surface area (Å²) in [6, 6.07) is 7.64. The van der Waals surface area contributed by atoms with Crippen molar-refractivity contribution in [3.63, 3.8) is 0 Å². The molecule has 0 atom stereocenters. The van der Waals surface area contributed by atoms with Crippen LogP contribution >= 0.6 is 34.5 Å². The molecule has 0 bridgehead atoms. The molecule has 0 unspecified atom stereocenters. The Morgan fingerprint density at radius 2 is 1.95 bits per heavy atom. The number of aromatic carboxylic acids is 1. The van der Waals surface area contributed by atoms with Gasteiger partial charge >= 0.3 is 5.97 Å². The maximum Gasteiger partial charge on any atom is 0.335 e. The third-order valence-electron chi connectivity index (χ3n) is 2.41. The van der Waals surface area contributed by atoms with Crippen molar-refractivity contribution in [3.05, 3.63) is 56.2 Å². The molecule has 0 spiro atoms. The fourth-order valence-electron chi connectivity index (χ4n) is 1.54. The lowest BCUT2D eigenvalue weighted by Crippen LogP contribution is -2.08. The summed E-state index contributed by atoms with van der Waals surface area (Å²) in [4.78, 5) is 23.5. The first-order valence-corrected chi connectivity index (χ1v) is 7.29. The summed E-state index contributed by atoms with van der Waals surface area (Å²) in [5.74, 6) is -1.50. The predicted octanol–water partition coefficient (Wildman–Crippen LogP) is 4.41. The fraction of sp³-hybridized carbons (Fsp3) is 0. The molecule has 0 radical (unpaired) electrons. The van der Waals surface area contributed by atoms with E-state index in [2.05, 4.69) is 5.32 Å². The lowest BCUT2D eigenvalue weighted by atomic mass is 10.2. The van der Waals surface area contributed by atoms with Crippen molar-refractivity contribution < 1.29 is 14.7 Å². The molecule has 2 rings (SSSR count). The third kappa shape index (κ3) is 4.60. The Hall–Kier alpha value is -1.82. The zero-order valence-electron chi connectivity index (χ0n) is 10.5. The molecule has 0 fully saturated rings. The minimum absolute atomic E-state index is 0.00631. The predicted molar refractivity (Wildman–Crippen MR) is 85.4 cm³/mol. The topological polar surface area (TPSA) is 66.4 Å². The molecule has 1 aromatic heterocycles. The van der Waals surface area contributed by atoms with Crippen molar-refractivity contribution in [2.24, 2.45) is 0 Å². The summed E-state index contributed by atoms with van der Waals surface area (Å²) >= 11 is 12.9. The van der Waals surface area contributed by atoms with Gasteiger partial charge in [-0.3, -0.25) is 4.79 Å². The summed E-state index contributed by atoms with van der Waals surface area (Å²) in [5, 5.41) is 11.7. The largest absolute Gasteiger partial charge is 0.478 e. The minimum Gasteiger partial charge on any atom is -0.478 e. The Kier molecular flexibility index (Phi) is 5.01. The van der Waals surface area contributed by atoms with Crippen LogP contribution in [0.2, 0.25) is 9.36 Å². The molecule has 4 nitrogen and oxygen atoms in total. The maximum atomic E-state index is 11.8. The molecule has 0 aliphatic heterocycles. The van der Waals surface area contributed by atoms with Gasteiger partial charge in [-0.25, -0.2) is 4.79 Å². The lowest BCUT2D eigenvalue weighted by Gasteiger charge is -2.04. The van der Waals surface area contributed by atoms with Crippen LogP contribution in [0.5, 0.6) is 0 Å². The summed E-state index contributed by atoms with van der Waals surface area (Å²) in [6.07, 6.45) is 2.96. The van der Waals surface area contributed by atoms with Crippen LogP contribution in [0.4, 0.5) is 5.69 Å². The number of carboxylic acid groups (broad SMARTS) is 1. The standard InChI is InChI=1S/C14H9Cl2NO3S/c15-9-5-8(14(19)20)6-10(7-9)17-13(18)4-2-11-1-3-12(16)21-11/h1-7H,(H,17,18)(H,19,20)/b4-2+. The van der Waals surface area contributed by atoms with E-state index in [1.165, 1.54) is 35.6 Å². The number of hydrogen-bond acceptors (Lipinski definition) is 3. The van der Waals surface area contributed by atoms with Gasteiger partial charge in [0.15, 0.2) is 0 Å². The average molecular weight is 342 g/mol. The van der Waals surface area contributed by atoms with E-state index in [-0.39, 0.29) is 10.6 Å². The molecule has 2 aromatic rings. The van der Waals surface area contributed by atoms with Crippen LogP contribution in [-0.4, -0.2) is 17.0 Å². The summed E-state index contributed by atoms with van der Waals surface area (Å²) in [6.45, 7) is 0. The highest BCUT2D eigenvalue weighted by Gasteiger charge is 2.07. The van der Waals surface area contributed by atoms with Crippen molar-refractivity contribution in [3.8, 4) is 0 Å². The second kappa shape index (κ2) is 6.76. The average Bonchev–Trinajstić information content (AvgIpc) is 2.81. The molecule has 21 heavy (non-hydrogen) atoms. The number of carbonyl (C=O) groups is 2. The Morgan fingerprint density at radius 1 is 1.19 bits per heavy atom. The molecule has 0 saturated heterocycles. The number of thiophene rings is 1. The van der Waals surface area contributed by atoms with Crippen LogP contribution < -0.4 is 5.32 Å². The van der Waals surface area contributed by atoms with Crippen LogP contribution in [0, 0.1) is 0 Å². The van der Waals surface area contributed by atoms with E-state index < -0.39 is 11.9 Å². The zero-order valence-corrected chi connectivity index (χ0v) is 12.8. The van der Waals surface area contributed by atoms with Gasteiger partial charge in [-0.2, -0.15) is 0 Å². The number of carbonyl (C=O) groups excluding carboxylic acids is 1. The van der Waals surface area contributed by atoms with Crippen molar-refractivity contribution in [2.75, 3.05) is 5.32 Å². The number of benzene rings is 1. The van der Waals surface area contributed by atoms with Crippen molar-refractivity contribution in [2.45, 2.75) is 0 Å². The molecule has 7 heteroatoms. The molecule has 1 heterocycles. The van der Waals surface area contributed by atoms with Gasteiger partial charge in [0.1, 0.15) is 0 Å².